The van der Waals surface area contributed by atoms with Crippen molar-refractivity contribution in [1.82, 2.24) is 5.32 Å². The molecular formula is C45H71NO16. The first-order chi connectivity index (χ1) is 30.7. The van der Waals surface area contributed by atoms with Gasteiger partial charge in [0.05, 0.1) is 165 Å². The van der Waals surface area contributed by atoms with Gasteiger partial charge in [0.15, 0.2) is 0 Å². The van der Waals surface area contributed by atoms with Gasteiger partial charge in [-0.3, -0.25) is 4.79 Å². The summed E-state index contributed by atoms with van der Waals surface area (Å²) < 4.78 is 76.2. The average Bonchev–Trinajstić information content (AvgIpc) is 3.61. The van der Waals surface area contributed by atoms with Gasteiger partial charge in [0.2, 0.25) is 0 Å². The van der Waals surface area contributed by atoms with Crippen molar-refractivity contribution in [1.29, 1.82) is 0 Å². The fourth-order valence-corrected chi connectivity index (χ4v) is 5.92. The number of ether oxygens (including phenoxy) is 14. The van der Waals surface area contributed by atoms with Gasteiger partial charge in [0, 0.05) is 19.1 Å². The molecule has 0 radical (unpaired) electrons. The Morgan fingerprint density at radius 3 is 1.11 bits per heavy atom. The lowest BCUT2D eigenvalue weighted by atomic mass is 9.98. The van der Waals surface area contributed by atoms with E-state index in [1.807, 2.05) is 24.3 Å². The molecule has 0 bridgehead atoms. The van der Waals surface area contributed by atoms with Crippen LogP contribution >= 0.6 is 0 Å². The lowest BCUT2D eigenvalue weighted by Crippen LogP contribution is -2.27. The number of benzene rings is 2. The van der Waals surface area contributed by atoms with E-state index in [-0.39, 0.29) is 18.3 Å². The van der Waals surface area contributed by atoms with Gasteiger partial charge < -0.3 is 71.6 Å². The predicted molar refractivity (Wildman–Crippen MR) is 229 cm³/mol. The van der Waals surface area contributed by atoms with Crippen molar-refractivity contribution in [2.24, 2.45) is 0 Å². The molecule has 0 saturated carbocycles. The summed E-state index contributed by atoms with van der Waals surface area (Å²) in [6.45, 7) is 14.2. The summed E-state index contributed by atoms with van der Waals surface area (Å²) in [6, 6.07) is 16.6. The maximum Gasteiger partial charge on any atom is 0.407 e. The van der Waals surface area contributed by atoms with Gasteiger partial charge in [-0.05, 0) is 35.6 Å². The molecule has 2 aromatic carbocycles. The zero-order valence-electron chi connectivity index (χ0n) is 36.7. The van der Waals surface area contributed by atoms with Crippen LogP contribution in [0.5, 0.6) is 0 Å². The highest BCUT2D eigenvalue weighted by Gasteiger charge is 2.29. The van der Waals surface area contributed by atoms with Crippen molar-refractivity contribution in [3.05, 3.63) is 59.7 Å². The van der Waals surface area contributed by atoms with Gasteiger partial charge in [0.1, 0.15) is 6.61 Å². The molecule has 0 atom stereocenters. The standard InChI is InChI=1S/C45H71NO16/c1-2-61-44(47)12-15-50-17-19-52-21-23-54-25-27-56-29-31-58-33-35-60-37-36-59-34-32-57-30-28-55-26-24-53-22-20-51-18-16-49-14-7-13-46-45(48)62-38-43-41-10-5-3-8-39(41)40-9-4-6-11-42(40)43/h3-6,8-11,43H,2,7,12-38H2,1H3,(H,46,48). The van der Waals surface area contributed by atoms with Gasteiger partial charge in [-0.2, -0.15) is 0 Å². The molecule has 0 aliphatic heterocycles. The SMILES string of the molecule is CCOC(=O)CCOCCOCCOCCOCCOCCOCCOCCOCCOCCOCCOCCOCCCNC(=O)OCC1c2ccccc2-c2ccccc21. The molecule has 1 amide bonds. The Balaban J connectivity index is 0.915. The zero-order valence-corrected chi connectivity index (χ0v) is 36.7. The minimum absolute atomic E-state index is 0.0447. The summed E-state index contributed by atoms with van der Waals surface area (Å²) in [7, 11) is 0. The Kier molecular flexibility index (Phi) is 32.7. The van der Waals surface area contributed by atoms with E-state index in [1.54, 1.807) is 6.92 Å². The van der Waals surface area contributed by atoms with Crippen LogP contribution in [0.3, 0.4) is 0 Å². The molecule has 0 unspecified atom stereocenters. The number of hydrogen-bond acceptors (Lipinski definition) is 16. The second-order valence-electron chi connectivity index (χ2n) is 13.5. The van der Waals surface area contributed by atoms with E-state index < -0.39 is 6.09 Å². The number of nitrogens with one attached hydrogen (secondary N) is 1. The molecule has 0 aromatic heterocycles. The van der Waals surface area contributed by atoms with E-state index in [4.69, 9.17) is 66.3 Å². The molecule has 3 rings (SSSR count). The van der Waals surface area contributed by atoms with E-state index >= 15 is 0 Å². The summed E-state index contributed by atoms with van der Waals surface area (Å²) >= 11 is 0. The van der Waals surface area contributed by atoms with E-state index in [0.29, 0.717) is 185 Å². The number of carbonyl (C=O) groups excluding carboxylic acids is 2. The van der Waals surface area contributed by atoms with Gasteiger partial charge in [-0.25, -0.2) is 4.79 Å². The zero-order chi connectivity index (χ0) is 43.8. The summed E-state index contributed by atoms with van der Waals surface area (Å²) in [4.78, 5) is 23.5. The topological polar surface area (TPSA) is 175 Å². The van der Waals surface area contributed by atoms with Crippen LogP contribution in [0.15, 0.2) is 48.5 Å². The maximum atomic E-state index is 12.3. The second kappa shape index (κ2) is 38.2. The van der Waals surface area contributed by atoms with Crippen LogP contribution < -0.4 is 5.32 Å². The summed E-state index contributed by atoms with van der Waals surface area (Å²) in [5.74, 6) is -0.211. The Hall–Kier alpha value is -3.30. The van der Waals surface area contributed by atoms with E-state index in [0.717, 1.165) is 0 Å². The number of alkyl carbamates (subject to hydrolysis) is 1. The molecule has 2 aromatic rings. The molecule has 62 heavy (non-hydrogen) atoms. The van der Waals surface area contributed by atoms with Crippen LogP contribution in [-0.4, -0.2) is 190 Å². The monoisotopic (exact) mass is 881 g/mol. The third kappa shape index (κ3) is 26.4. The first kappa shape index (κ1) is 53.0. The van der Waals surface area contributed by atoms with Gasteiger partial charge in [0.25, 0.3) is 0 Å². The van der Waals surface area contributed by atoms with E-state index in [9.17, 15) is 9.59 Å². The quantitative estimate of drug-likeness (QED) is 0.0745. The molecular weight excluding hydrogens is 810 g/mol. The number of hydrogen-bond donors (Lipinski definition) is 1. The Morgan fingerprint density at radius 2 is 0.758 bits per heavy atom. The van der Waals surface area contributed by atoms with Crippen LogP contribution in [0.1, 0.15) is 36.8 Å². The summed E-state index contributed by atoms with van der Waals surface area (Å²) in [5, 5.41) is 2.81. The largest absolute Gasteiger partial charge is 0.466 e. The minimum atomic E-state index is -0.419. The lowest BCUT2D eigenvalue weighted by molar-refractivity contribution is -0.144. The highest BCUT2D eigenvalue weighted by Crippen LogP contribution is 2.44. The molecule has 1 aliphatic carbocycles. The highest BCUT2D eigenvalue weighted by molar-refractivity contribution is 5.79. The number of carbonyl (C=O) groups is 2. The van der Waals surface area contributed by atoms with Crippen LogP contribution in [0.25, 0.3) is 11.1 Å². The second-order valence-corrected chi connectivity index (χ2v) is 13.5. The van der Waals surface area contributed by atoms with Crippen LogP contribution in [0, 0.1) is 0 Å². The van der Waals surface area contributed by atoms with Crippen LogP contribution in [0.2, 0.25) is 0 Å². The highest BCUT2D eigenvalue weighted by atomic mass is 16.6. The van der Waals surface area contributed by atoms with Gasteiger partial charge in [-0.1, -0.05) is 48.5 Å². The summed E-state index contributed by atoms with van der Waals surface area (Å²) in [5.41, 5.74) is 4.79. The van der Waals surface area contributed by atoms with Crippen molar-refractivity contribution < 1.29 is 75.9 Å². The Labute approximate surface area is 367 Å². The van der Waals surface area contributed by atoms with E-state index in [2.05, 4.69) is 29.6 Å². The van der Waals surface area contributed by atoms with Gasteiger partial charge in [-0.15, -0.1) is 0 Å². The number of rotatable bonds is 43. The molecule has 0 heterocycles. The average molecular weight is 882 g/mol. The summed E-state index contributed by atoms with van der Waals surface area (Å²) in [6.07, 6.45) is 0.510. The number of esters is 1. The fourth-order valence-electron chi connectivity index (χ4n) is 5.92. The van der Waals surface area contributed by atoms with Gasteiger partial charge >= 0.3 is 12.1 Å². The van der Waals surface area contributed by atoms with Crippen molar-refractivity contribution in [3.8, 4) is 11.1 Å². The number of amides is 1. The molecule has 17 heteroatoms. The molecule has 0 fully saturated rings. The molecule has 1 N–H and O–H groups in total. The Bertz CT molecular complexity index is 1340. The van der Waals surface area contributed by atoms with Crippen molar-refractivity contribution >= 4 is 12.1 Å². The third-order valence-electron chi connectivity index (χ3n) is 8.93. The maximum absolute atomic E-state index is 12.3. The molecule has 1 aliphatic rings. The van der Waals surface area contributed by atoms with Crippen molar-refractivity contribution in [2.75, 3.05) is 178 Å². The Morgan fingerprint density at radius 1 is 0.435 bits per heavy atom. The smallest absolute Gasteiger partial charge is 0.407 e. The minimum Gasteiger partial charge on any atom is -0.466 e. The molecule has 352 valence electrons. The van der Waals surface area contributed by atoms with Crippen LogP contribution in [-0.2, 0) is 71.1 Å². The molecule has 0 saturated heterocycles. The van der Waals surface area contributed by atoms with Crippen molar-refractivity contribution in [2.45, 2.75) is 25.7 Å². The number of fused-ring (bicyclic) bond motifs is 3. The first-order valence-electron chi connectivity index (χ1n) is 21.9. The predicted octanol–water partition coefficient (Wildman–Crippen LogP) is 4.07. The molecule has 0 spiro atoms. The first-order valence-corrected chi connectivity index (χ1v) is 21.9. The van der Waals surface area contributed by atoms with E-state index in [1.165, 1.54) is 22.3 Å². The lowest BCUT2D eigenvalue weighted by Gasteiger charge is -2.14. The van der Waals surface area contributed by atoms with Crippen molar-refractivity contribution in [3.63, 3.8) is 0 Å². The van der Waals surface area contributed by atoms with Crippen LogP contribution in [0.4, 0.5) is 4.79 Å². The fraction of sp³-hybridized carbons (Fsp3) is 0.689. The third-order valence-corrected chi connectivity index (χ3v) is 8.93. The molecule has 17 nitrogen and oxygen atoms in total. The normalized spacial score (nSPS) is 12.1.